The van der Waals surface area contributed by atoms with Crippen molar-refractivity contribution in [3.05, 3.63) is 53.3 Å². The predicted octanol–water partition coefficient (Wildman–Crippen LogP) is 3.24. The van der Waals surface area contributed by atoms with Crippen molar-refractivity contribution in [2.75, 3.05) is 5.32 Å². The third kappa shape index (κ3) is 4.98. The largest absolute Gasteiger partial charge is 0.416 e. The molecule has 0 spiro atoms. The van der Waals surface area contributed by atoms with Crippen LogP contribution >= 0.6 is 0 Å². The van der Waals surface area contributed by atoms with Gasteiger partial charge in [-0.05, 0) is 30.7 Å². The number of hydrogen-bond donors (Lipinski definition) is 2. The van der Waals surface area contributed by atoms with Crippen LogP contribution in [0.4, 0.5) is 18.9 Å². The summed E-state index contributed by atoms with van der Waals surface area (Å²) in [6.07, 6.45) is -2.82. The third-order valence-corrected chi connectivity index (χ3v) is 2.59. The lowest BCUT2D eigenvalue weighted by Gasteiger charge is -2.12. The van der Waals surface area contributed by atoms with E-state index >= 15 is 0 Å². The average molecular weight is 309 g/mol. The Balaban J connectivity index is 3.18. The van der Waals surface area contributed by atoms with Gasteiger partial charge in [0.15, 0.2) is 0 Å². The summed E-state index contributed by atoms with van der Waals surface area (Å²) in [4.78, 5) is 11.4. The molecule has 0 saturated heterocycles. The first-order valence-electron chi connectivity index (χ1n) is 6.34. The standard InChI is InChI=1S/C15H14F3N3O/c1-2-4-11(15(16,17)18)8-13(14(20)22)21-12-6-3-5-10(7-12)9-19/h3-8,21H,2H2,1H3,(H2,20,22)/b11-4-,13-8-. The lowest BCUT2D eigenvalue weighted by Crippen LogP contribution is -2.22. The third-order valence-electron chi connectivity index (χ3n) is 2.59. The number of nitrogens with one attached hydrogen (secondary N) is 1. The van der Waals surface area contributed by atoms with Crippen LogP contribution in [0.15, 0.2) is 47.7 Å². The number of allylic oxidation sites excluding steroid dienone is 3. The Labute approximate surface area is 125 Å². The summed E-state index contributed by atoms with van der Waals surface area (Å²) < 4.78 is 38.6. The number of nitriles is 1. The Morgan fingerprint density at radius 1 is 1.45 bits per heavy atom. The first kappa shape index (κ1) is 17.3. The summed E-state index contributed by atoms with van der Waals surface area (Å²) >= 11 is 0. The van der Waals surface area contributed by atoms with Gasteiger partial charge in [-0.3, -0.25) is 4.79 Å². The molecule has 116 valence electrons. The maximum Gasteiger partial charge on any atom is 0.416 e. The number of nitrogens with two attached hydrogens (primary N) is 1. The Kier molecular flexibility index (Phi) is 5.75. The Morgan fingerprint density at radius 3 is 2.64 bits per heavy atom. The average Bonchev–Trinajstić information content (AvgIpc) is 2.44. The quantitative estimate of drug-likeness (QED) is 0.647. The fraction of sp³-hybridized carbons (Fsp3) is 0.200. The van der Waals surface area contributed by atoms with Crippen LogP contribution < -0.4 is 11.1 Å². The van der Waals surface area contributed by atoms with E-state index in [1.807, 2.05) is 6.07 Å². The van der Waals surface area contributed by atoms with Crippen LogP contribution in [0.1, 0.15) is 18.9 Å². The molecule has 1 amide bonds. The highest BCUT2D eigenvalue weighted by Crippen LogP contribution is 2.28. The van der Waals surface area contributed by atoms with Crippen molar-refractivity contribution in [3.63, 3.8) is 0 Å². The van der Waals surface area contributed by atoms with Crippen molar-refractivity contribution in [1.29, 1.82) is 5.26 Å². The summed E-state index contributed by atoms with van der Waals surface area (Å²) in [5.74, 6) is -1.03. The molecule has 0 radical (unpaired) electrons. The van der Waals surface area contributed by atoms with Gasteiger partial charge in [0.05, 0.1) is 17.2 Å². The normalized spacial score (nSPS) is 12.7. The monoisotopic (exact) mass is 309 g/mol. The fourth-order valence-electron chi connectivity index (χ4n) is 1.62. The molecule has 0 atom stereocenters. The molecule has 0 aliphatic heterocycles. The number of amides is 1. The molecule has 0 aliphatic rings. The second-order valence-corrected chi connectivity index (χ2v) is 4.31. The van der Waals surface area contributed by atoms with E-state index in [1.54, 1.807) is 6.92 Å². The zero-order valence-corrected chi connectivity index (χ0v) is 11.7. The van der Waals surface area contributed by atoms with E-state index in [2.05, 4.69) is 5.32 Å². The van der Waals surface area contributed by atoms with E-state index < -0.39 is 23.4 Å². The van der Waals surface area contributed by atoms with Crippen molar-refractivity contribution >= 4 is 11.6 Å². The lowest BCUT2D eigenvalue weighted by atomic mass is 10.1. The number of rotatable bonds is 5. The fourth-order valence-corrected chi connectivity index (χ4v) is 1.62. The molecule has 22 heavy (non-hydrogen) atoms. The topological polar surface area (TPSA) is 78.9 Å². The van der Waals surface area contributed by atoms with Gasteiger partial charge in [-0.2, -0.15) is 18.4 Å². The van der Waals surface area contributed by atoms with Crippen LogP contribution in [0.5, 0.6) is 0 Å². The minimum Gasteiger partial charge on any atom is -0.364 e. The van der Waals surface area contributed by atoms with Gasteiger partial charge >= 0.3 is 6.18 Å². The molecule has 3 N–H and O–H groups in total. The van der Waals surface area contributed by atoms with Gasteiger partial charge < -0.3 is 11.1 Å². The minimum atomic E-state index is -4.59. The van der Waals surface area contributed by atoms with Crippen LogP contribution in [0.25, 0.3) is 0 Å². The van der Waals surface area contributed by atoms with E-state index in [0.717, 1.165) is 6.08 Å². The second-order valence-electron chi connectivity index (χ2n) is 4.31. The number of alkyl halides is 3. The van der Waals surface area contributed by atoms with Crippen LogP contribution in [0.2, 0.25) is 0 Å². The Morgan fingerprint density at radius 2 is 2.14 bits per heavy atom. The number of nitrogens with zero attached hydrogens (tertiary/aromatic N) is 1. The van der Waals surface area contributed by atoms with Gasteiger partial charge in [0, 0.05) is 5.69 Å². The summed E-state index contributed by atoms with van der Waals surface area (Å²) in [5.41, 5.74) is 4.33. The van der Waals surface area contributed by atoms with Crippen LogP contribution in [-0.2, 0) is 4.79 Å². The second kappa shape index (κ2) is 7.31. The van der Waals surface area contributed by atoms with Gasteiger partial charge in [-0.1, -0.05) is 19.1 Å². The van der Waals surface area contributed by atoms with E-state index in [0.29, 0.717) is 17.3 Å². The summed E-state index contributed by atoms with van der Waals surface area (Å²) in [7, 11) is 0. The van der Waals surface area contributed by atoms with E-state index in [-0.39, 0.29) is 6.42 Å². The van der Waals surface area contributed by atoms with Crippen LogP contribution in [0, 0.1) is 11.3 Å². The molecule has 0 aromatic heterocycles. The molecular weight excluding hydrogens is 295 g/mol. The number of hydrogen-bond acceptors (Lipinski definition) is 3. The molecule has 0 aliphatic carbocycles. The van der Waals surface area contributed by atoms with Crippen molar-refractivity contribution < 1.29 is 18.0 Å². The van der Waals surface area contributed by atoms with Crippen LogP contribution in [-0.4, -0.2) is 12.1 Å². The molecular formula is C15H14F3N3O. The number of benzene rings is 1. The SMILES string of the molecule is CC/C=C(/C=C(\Nc1cccc(C#N)c1)C(N)=O)C(F)(F)F. The van der Waals surface area contributed by atoms with Crippen molar-refractivity contribution in [1.82, 2.24) is 0 Å². The van der Waals surface area contributed by atoms with Gasteiger partial charge in [0.2, 0.25) is 0 Å². The number of primary amides is 1. The molecule has 1 aromatic carbocycles. The van der Waals surface area contributed by atoms with Crippen molar-refractivity contribution in [2.45, 2.75) is 19.5 Å². The van der Waals surface area contributed by atoms with Gasteiger partial charge in [-0.15, -0.1) is 0 Å². The Hall–Kier alpha value is -2.75. The number of carbonyl (C=O) groups is 1. The molecule has 0 unspecified atom stereocenters. The zero-order valence-electron chi connectivity index (χ0n) is 11.7. The van der Waals surface area contributed by atoms with E-state index in [9.17, 15) is 18.0 Å². The van der Waals surface area contributed by atoms with Crippen molar-refractivity contribution in [3.8, 4) is 6.07 Å². The highest BCUT2D eigenvalue weighted by atomic mass is 19.4. The van der Waals surface area contributed by atoms with E-state index in [1.165, 1.54) is 24.3 Å². The number of halogens is 3. The van der Waals surface area contributed by atoms with Crippen molar-refractivity contribution in [2.24, 2.45) is 5.73 Å². The Bertz CT molecular complexity index is 655. The molecule has 0 saturated carbocycles. The number of carbonyl (C=O) groups excluding carboxylic acids is 1. The molecule has 0 heterocycles. The molecule has 0 fully saturated rings. The molecule has 1 rings (SSSR count). The summed E-state index contributed by atoms with van der Waals surface area (Å²) in [5, 5.41) is 11.3. The smallest absolute Gasteiger partial charge is 0.364 e. The van der Waals surface area contributed by atoms with Gasteiger partial charge in [0.1, 0.15) is 5.70 Å². The summed E-state index contributed by atoms with van der Waals surface area (Å²) in [6, 6.07) is 7.85. The predicted molar refractivity (Wildman–Crippen MR) is 76.5 cm³/mol. The van der Waals surface area contributed by atoms with Gasteiger partial charge in [-0.25, -0.2) is 0 Å². The highest BCUT2D eigenvalue weighted by molar-refractivity contribution is 5.95. The van der Waals surface area contributed by atoms with Crippen LogP contribution in [0.3, 0.4) is 0 Å². The molecule has 1 aromatic rings. The molecule has 0 bridgehead atoms. The first-order valence-corrected chi connectivity index (χ1v) is 6.34. The molecule has 7 heteroatoms. The van der Waals surface area contributed by atoms with E-state index in [4.69, 9.17) is 11.0 Å². The summed E-state index contributed by atoms with van der Waals surface area (Å²) in [6.45, 7) is 1.55. The lowest BCUT2D eigenvalue weighted by molar-refractivity contribution is -0.114. The van der Waals surface area contributed by atoms with Gasteiger partial charge in [0.25, 0.3) is 5.91 Å². The maximum atomic E-state index is 12.9. The minimum absolute atomic E-state index is 0.154. The maximum absolute atomic E-state index is 12.9. The number of anilines is 1. The zero-order chi connectivity index (χ0) is 16.8. The highest BCUT2D eigenvalue weighted by Gasteiger charge is 2.32. The first-order chi connectivity index (χ1) is 10.3. The molecule has 4 nitrogen and oxygen atoms in total.